The smallest absolute Gasteiger partial charge is 0.308 e. The summed E-state index contributed by atoms with van der Waals surface area (Å²) in [5.41, 5.74) is 0. The summed E-state index contributed by atoms with van der Waals surface area (Å²) in [7, 11) is 0. The molecule has 1 amide bonds. The van der Waals surface area contributed by atoms with Crippen LogP contribution in [0.4, 0.5) is 0 Å². The average Bonchev–Trinajstić information content (AvgIpc) is 2.35. The van der Waals surface area contributed by atoms with Crippen molar-refractivity contribution in [1.29, 1.82) is 0 Å². The highest BCUT2D eigenvalue weighted by Gasteiger charge is 2.32. The summed E-state index contributed by atoms with van der Waals surface area (Å²) in [6.07, 6.45) is 2.31. The zero-order valence-electron chi connectivity index (χ0n) is 11.4. The number of carboxylic acid groups (broad SMARTS) is 1. The number of carbonyl (C=O) groups excluding carboxylic acids is 1. The van der Waals surface area contributed by atoms with Crippen LogP contribution in [0.25, 0.3) is 0 Å². The standard InChI is InChI=1S/C13H23NO4/c1-4-10(3)18-8-12(15)14-7-11(13(16)17)6-5-9(14)2/h9-11H,4-8H2,1-3H3,(H,16,17). The van der Waals surface area contributed by atoms with Crippen molar-refractivity contribution in [2.45, 2.75) is 52.2 Å². The highest BCUT2D eigenvalue weighted by molar-refractivity contribution is 5.79. The largest absolute Gasteiger partial charge is 0.481 e. The highest BCUT2D eigenvalue weighted by Crippen LogP contribution is 2.22. The molecule has 1 aliphatic rings. The zero-order chi connectivity index (χ0) is 13.7. The number of nitrogens with zero attached hydrogens (tertiary/aromatic N) is 1. The van der Waals surface area contributed by atoms with Crippen molar-refractivity contribution >= 4 is 11.9 Å². The molecule has 3 atom stereocenters. The molecule has 0 radical (unpaired) electrons. The predicted octanol–water partition coefficient (Wildman–Crippen LogP) is 1.51. The van der Waals surface area contributed by atoms with Crippen LogP contribution in [0.5, 0.6) is 0 Å². The fourth-order valence-electron chi connectivity index (χ4n) is 2.07. The van der Waals surface area contributed by atoms with Crippen molar-refractivity contribution in [3.8, 4) is 0 Å². The van der Waals surface area contributed by atoms with Gasteiger partial charge in [-0.3, -0.25) is 9.59 Å². The Morgan fingerprint density at radius 1 is 1.44 bits per heavy atom. The number of carbonyl (C=O) groups is 2. The van der Waals surface area contributed by atoms with Gasteiger partial charge in [-0.15, -0.1) is 0 Å². The van der Waals surface area contributed by atoms with Crippen LogP contribution in [0.2, 0.25) is 0 Å². The van der Waals surface area contributed by atoms with Gasteiger partial charge in [-0.1, -0.05) is 6.92 Å². The van der Waals surface area contributed by atoms with Crippen LogP contribution in [-0.4, -0.2) is 47.2 Å². The van der Waals surface area contributed by atoms with Crippen LogP contribution in [-0.2, 0) is 14.3 Å². The monoisotopic (exact) mass is 257 g/mol. The zero-order valence-corrected chi connectivity index (χ0v) is 11.4. The maximum atomic E-state index is 12.0. The lowest BCUT2D eigenvalue weighted by atomic mass is 9.93. The van der Waals surface area contributed by atoms with Crippen LogP contribution >= 0.6 is 0 Å². The molecule has 1 fully saturated rings. The number of carboxylic acids is 1. The second-order valence-corrected chi connectivity index (χ2v) is 5.04. The van der Waals surface area contributed by atoms with Crippen LogP contribution in [0.1, 0.15) is 40.0 Å². The molecule has 5 nitrogen and oxygen atoms in total. The Labute approximate surface area is 108 Å². The van der Waals surface area contributed by atoms with Crippen LogP contribution in [0.3, 0.4) is 0 Å². The van der Waals surface area contributed by atoms with E-state index in [1.807, 2.05) is 20.8 Å². The van der Waals surface area contributed by atoms with Crippen molar-refractivity contribution in [2.24, 2.45) is 5.92 Å². The molecule has 0 spiro atoms. The highest BCUT2D eigenvalue weighted by atomic mass is 16.5. The summed E-state index contributed by atoms with van der Waals surface area (Å²) in [5, 5.41) is 9.01. The predicted molar refractivity (Wildman–Crippen MR) is 67.2 cm³/mol. The summed E-state index contributed by atoms with van der Waals surface area (Å²) in [4.78, 5) is 24.6. The normalized spacial score (nSPS) is 25.8. The summed E-state index contributed by atoms with van der Waals surface area (Å²) < 4.78 is 5.41. The Morgan fingerprint density at radius 3 is 2.67 bits per heavy atom. The Hall–Kier alpha value is -1.10. The first-order valence-corrected chi connectivity index (χ1v) is 6.59. The fourth-order valence-corrected chi connectivity index (χ4v) is 2.07. The third kappa shape index (κ3) is 3.98. The van der Waals surface area contributed by atoms with E-state index in [4.69, 9.17) is 9.84 Å². The van der Waals surface area contributed by atoms with Crippen LogP contribution in [0, 0.1) is 5.92 Å². The molecule has 5 heteroatoms. The minimum Gasteiger partial charge on any atom is -0.481 e. The lowest BCUT2D eigenvalue weighted by Gasteiger charge is -2.36. The molecule has 1 saturated heterocycles. The quantitative estimate of drug-likeness (QED) is 0.810. The number of aliphatic carboxylic acids is 1. The van der Waals surface area contributed by atoms with Crippen LogP contribution in [0.15, 0.2) is 0 Å². The third-order valence-corrected chi connectivity index (χ3v) is 3.62. The Bertz CT molecular complexity index is 305. The van der Waals surface area contributed by atoms with E-state index in [2.05, 4.69) is 0 Å². The van der Waals surface area contributed by atoms with E-state index in [0.717, 1.165) is 12.8 Å². The molecule has 1 heterocycles. The SMILES string of the molecule is CCC(C)OCC(=O)N1CC(C(=O)O)CCC1C. The first-order valence-electron chi connectivity index (χ1n) is 6.59. The van der Waals surface area contributed by atoms with Crippen molar-refractivity contribution < 1.29 is 19.4 Å². The van der Waals surface area contributed by atoms with Gasteiger partial charge in [0.05, 0.1) is 12.0 Å². The topological polar surface area (TPSA) is 66.8 Å². The second-order valence-electron chi connectivity index (χ2n) is 5.04. The summed E-state index contributed by atoms with van der Waals surface area (Å²) in [6, 6.07) is 0.105. The molecular formula is C13H23NO4. The van der Waals surface area contributed by atoms with Crippen molar-refractivity contribution in [1.82, 2.24) is 4.90 Å². The number of piperidine rings is 1. The van der Waals surface area contributed by atoms with Crippen molar-refractivity contribution in [3.63, 3.8) is 0 Å². The molecule has 1 N–H and O–H groups in total. The molecule has 1 rings (SSSR count). The van der Waals surface area contributed by atoms with E-state index in [1.54, 1.807) is 4.90 Å². The van der Waals surface area contributed by atoms with E-state index in [9.17, 15) is 9.59 Å². The molecule has 18 heavy (non-hydrogen) atoms. The molecule has 0 aromatic rings. The van der Waals surface area contributed by atoms with Crippen molar-refractivity contribution in [2.75, 3.05) is 13.2 Å². The molecule has 1 aliphatic heterocycles. The fraction of sp³-hybridized carbons (Fsp3) is 0.846. The van der Waals surface area contributed by atoms with E-state index in [0.29, 0.717) is 13.0 Å². The Kier molecular flexibility index (Phi) is 5.59. The van der Waals surface area contributed by atoms with E-state index in [-0.39, 0.29) is 24.7 Å². The first-order chi connectivity index (χ1) is 8.45. The lowest BCUT2D eigenvalue weighted by Crippen LogP contribution is -2.48. The van der Waals surface area contributed by atoms with Gasteiger partial charge in [0.2, 0.25) is 5.91 Å². The minimum absolute atomic E-state index is 0.0473. The van der Waals surface area contributed by atoms with Gasteiger partial charge in [0.1, 0.15) is 6.61 Å². The summed E-state index contributed by atoms with van der Waals surface area (Å²) >= 11 is 0. The Balaban J connectivity index is 2.51. The Morgan fingerprint density at radius 2 is 2.11 bits per heavy atom. The van der Waals surface area contributed by atoms with E-state index in [1.165, 1.54) is 0 Å². The summed E-state index contributed by atoms with van der Waals surface area (Å²) in [5.74, 6) is -1.36. The number of hydrogen-bond donors (Lipinski definition) is 1. The molecular weight excluding hydrogens is 234 g/mol. The van der Waals surface area contributed by atoms with Gasteiger partial charge in [-0.25, -0.2) is 0 Å². The maximum Gasteiger partial charge on any atom is 0.308 e. The summed E-state index contributed by atoms with van der Waals surface area (Å²) in [6.45, 7) is 6.23. The third-order valence-electron chi connectivity index (χ3n) is 3.62. The van der Waals surface area contributed by atoms with Gasteiger partial charge >= 0.3 is 5.97 Å². The molecule has 0 bridgehead atoms. The molecule has 104 valence electrons. The molecule has 0 aromatic carbocycles. The number of ether oxygens (including phenoxy) is 1. The number of rotatable bonds is 5. The van der Waals surface area contributed by atoms with Crippen molar-refractivity contribution in [3.05, 3.63) is 0 Å². The second kappa shape index (κ2) is 6.73. The molecule has 3 unspecified atom stereocenters. The number of amides is 1. The molecule has 0 saturated carbocycles. The van der Waals surface area contributed by atoms with Gasteiger partial charge in [-0.2, -0.15) is 0 Å². The lowest BCUT2D eigenvalue weighted by molar-refractivity contribution is -0.149. The van der Waals surface area contributed by atoms with Gasteiger partial charge in [0.25, 0.3) is 0 Å². The van der Waals surface area contributed by atoms with Crippen LogP contribution < -0.4 is 0 Å². The maximum absolute atomic E-state index is 12.0. The average molecular weight is 257 g/mol. The van der Waals surface area contributed by atoms with Gasteiger partial charge < -0.3 is 14.7 Å². The molecule has 0 aromatic heterocycles. The van der Waals surface area contributed by atoms with E-state index < -0.39 is 11.9 Å². The first kappa shape index (κ1) is 15.0. The van der Waals surface area contributed by atoms with Gasteiger partial charge in [-0.05, 0) is 33.1 Å². The van der Waals surface area contributed by atoms with Gasteiger partial charge in [0, 0.05) is 12.6 Å². The van der Waals surface area contributed by atoms with Gasteiger partial charge in [0.15, 0.2) is 0 Å². The number of hydrogen-bond acceptors (Lipinski definition) is 3. The molecule has 0 aliphatic carbocycles. The number of likely N-dealkylation sites (tertiary alicyclic amines) is 1. The minimum atomic E-state index is -0.817. The van der Waals surface area contributed by atoms with E-state index >= 15 is 0 Å².